The number of allylic oxidation sites excluding steroid dienone is 5. The molecule has 1 aromatic carbocycles. The van der Waals surface area contributed by atoms with E-state index in [1.54, 1.807) is 0 Å². The quantitative estimate of drug-likeness (QED) is 0.772. The number of fused-ring (bicyclic) bond motifs is 2. The van der Waals surface area contributed by atoms with E-state index in [0.717, 1.165) is 29.0 Å². The molecule has 0 bridgehead atoms. The monoisotopic (exact) mass is 261 g/mol. The number of aromatic nitrogens is 2. The summed E-state index contributed by atoms with van der Waals surface area (Å²) in [6.45, 7) is 0. The molecule has 2 aliphatic rings. The maximum atomic E-state index is 4.76. The van der Waals surface area contributed by atoms with Gasteiger partial charge < -0.3 is 4.57 Å². The van der Waals surface area contributed by atoms with Crippen molar-refractivity contribution in [2.45, 2.75) is 6.42 Å². The zero-order valence-electron chi connectivity index (χ0n) is 11.3. The number of para-hydroxylation sites is 2. The maximum Gasteiger partial charge on any atom is 0.138 e. The standard InChI is InChI=1S/C17H15N3/c1-20-16-9-5-4-8-15(16)19-17(20)13-10-12-6-2-3-7-14(12)18-11-13/h2-9,11-12H,10H2,1H3. The second-order valence-corrected chi connectivity index (χ2v) is 5.25. The van der Waals surface area contributed by atoms with Gasteiger partial charge in [0, 0.05) is 30.5 Å². The molecule has 1 aliphatic heterocycles. The highest BCUT2D eigenvalue weighted by Crippen LogP contribution is 2.30. The van der Waals surface area contributed by atoms with Crippen molar-refractivity contribution >= 4 is 22.3 Å². The van der Waals surface area contributed by atoms with E-state index in [1.165, 1.54) is 5.57 Å². The van der Waals surface area contributed by atoms with E-state index in [9.17, 15) is 0 Å². The van der Waals surface area contributed by atoms with Gasteiger partial charge in [0.15, 0.2) is 0 Å². The van der Waals surface area contributed by atoms with E-state index in [-0.39, 0.29) is 0 Å². The van der Waals surface area contributed by atoms with Crippen molar-refractivity contribution in [1.82, 2.24) is 9.55 Å². The molecule has 1 aliphatic carbocycles. The van der Waals surface area contributed by atoms with E-state index in [4.69, 9.17) is 4.98 Å². The van der Waals surface area contributed by atoms with Gasteiger partial charge in [-0.05, 0) is 24.6 Å². The summed E-state index contributed by atoms with van der Waals surface area (Å²) in [6.07, 6.45) is 11.4. The third-order valence-corrected chi connectivity index (χ3v) is 3.99. The van der Waals surface area contributed by atoms with Crippen molar-refractivity contribution in [3.05, 3.63) is 60.6 Å². The van der Waals surface area contributed by atoms with Crippen LogP contribution in [0.15, 0.2) is 59.8 Å². The van der Waals surface area contributed by atoms with Gasteiger partial charge in [-0.15, -0.1) is 0 Å². The summed E-state index contributed by atoms with van der Waals surface area (Å²) >= 11 is 0. The number of hydrogen-bond acceptors (Lipinski definition) is 2. The van der Waals surface area contributed by atoms with Crippen LogP contribution in [0.1, 0.15) is 12.2 Å². The molecule has 0 saturated carbocycles. The summed E-state index contributed by atoms with van der Waals surface area (Å²) in [4.78, 5) is 9.34. The highest BCUT2D eigenvalue weighted by atomic mass is 15.1. The Kier molecular flexibility index (Phi) is 2.46. The lowest BCUT2D eigenvalue weighted by Crippen LogP contribution is -2.16. The summed E-state index contributed by atoms with van der Waals surface area (Å²) in [7, 11) is 2.07. The Morgan fingerprint density at radius 3 is 3.00 bits per heavy atom. The molecule has 2 heterocycles. The first kappa shape index (κ1) is 11.4. The van der Waals surface area contributed by atoms with Crippen LogP contribution in [-0.4, -0.2) is 15.3 Å². The van der Waals surface area contributed by atoms with Gasteiger partial charge in [0.2, 0.25) is 0 Å². The number of aryl methyl sites for hydroxylation is 1. The van der Waals surface area contributed by atoms with Crippen molar-refractivity contribution < 1.29 is 0 Å². The molecule has 4 rings (SSSR count). The molecular weight excluding hydrogens is 246 g/mol. The number of aliphatic imine (C=N–C) groups is 1. The Labute approximate surface area is 117 Å². The minimum Gasteiger partial charge on any atom is -0.327 e. The second kappa shape index (κ2) is 4.30. The zero-order valence-corrected chi connectivity index (χ0v) is 11.3. The molecular formula is C17H15N3. The molecule has 0 fully saturated rings. The minimum atomic E-state index is 0.389. The van der Waals surface area contributed by atoms with Gasteiger partial charge in [0.1, 0.15) is 5.82 Å². The largest absolute Gasteiger partial charge is 0.327 e. The Morgan fingerprint density at radius 1 is 1.20 bits per heavy atom. The fraction of sp³-hybridized carbons (Fsp3) is 0.176. The SMILES string of the molecule is Cn1c(C2=CN=C3C=CC=CC3C2)nc2ccccc21. The van der Waals surface area contributed by atoms with Crippen molar-refractivity contribution in [1.29, 1.82) is 0 Å². The molecule has 0 radical (unpaired) electrons. The van der Waals surface area contributed by atoms with E-state index in [0.29, 0.717) is 5.92 Å². The number of benzene rings is 1. The average molecular weight is 261 g/mol. The average Bonchev–Trinajstić information content (AvgIpc) is 2.84. The second-order valence-electron chi connectivity index (χ2n) is 5.25. The van der Waals surface area contributed by atoms with Crippen molar-refractivity contribution in [2.75, 3.05) is 0 Å². The van der Waals surface area contributed by atoms with Gasteiger partial charge in [0.05, 0.1) is 11.0 Å². The Bertz CT molecular complexity index is 803. The Hall–Kier alpha value is -2.42. The molecule has 20 heavy (non-hydrogen) atoms. The highest BCUT2D eigenvalue weighted by Gasteiger charge is 2.22. The van der Waals surface area contributed by atoms with E-state index in [1.807, 2.05) is 24.4 Å². The molecule has 3 heteroatoms. The van der Waals surface area contributed by atoms with Crippen LogP contribution >= 0.6 is 0 Å². The molecule has 0 saturated heterocycles. The van der Waals surface area contributed by atoms with E-state index in [2.05, 4.69) is 47.0 Å². The smallest absolute Gasteiger partial charge is 0.138 e. The van der Waals surface area contributed by atoms with Crippen LogP contribution in [0.25, 0.3) is 16.6 Å². The third-order valence-electron chi connectivity index (χ3n) is 3.99. The summed E-state index contributed by atoms with van der Waals surface area (Å²) < 4.78 is 2.16. The third kappa shape index (κ3) is 1.67. The Morgan fingerprint density at radius 2 is 2.10 bits per heavy atom. The summed E-state index contributed by atoms with van der Waals surface area (Å²) in [5.41, 5.74) is 4.56. The molecule has 0 amide bonds. The predicted octanol–water partition coefficient (Wildman–Crippen LogP) is 3.50. The van der Waals surface area contributed by atoms with Crippen LogP contribution in [0.2, 0.25) is 0 Å². The topological polar surface area (TPSA) is 30.2 Å². The first-order chi connectivity index (χ1) is 9.83. The maximum absolute atomic E-state index is 4.76. The summed E-state index contributed by atoms with van der Waals surface area (Å²) in [5, 5.41) is 0. The number of hydrogen-bond donors (Lipinski definition) is 0. The van der Waals surface area contributed by atoms with Gasteiger partial charge in [-0.25, -0.2) is 4.98 Å². The molecule has 0 N–H and O–H groups in total. The van der Waals surface area contributed by atoms with E-state index < -0.39 is 0 Å². The predicted molar refractivity (Wildman–Crippen MR) is 82.5 cm³/mol. The van der Waals surface area contributed by atoms with Gasteiger partial charge in [-0.3, -0.25) is 4.99 Å². The van der Waals surface area contributed by atoms with Crippen LogP contribution in [0.3, 0.4) is 0 Å². The van der Waals surface area contributed by atoms with Crippen LogP contribution in [0.5, 0.6) is 0 Å². The number of nitrogens with zero attached hydrogens (tertiary/aromatic N) is 3. The summed E-state index contributed by atoms with van der Waals surface area (Å²) in [5.74, 6) is 1.41. The van der Waals surface area contributed by atoms with Crippen molar-refractivity contribution in [3.8, 4) is 0 Å². The molecule has 2 aromatic rings. The molecule has 1 atom stereocenters. The lowest BCUT2D eigenvalue weighted by atomic mass is 9.89. The van der Waals surface area contributed by atoms with Crippen molar-refractivity contribution in [3.63, 3.8) is 0 Å². The van der Waals surface area contributed by atoms with Gasteiger partial charge in [-0.1, -0.05) is 30.4 Å². The molecule has 1 aromatic heterocycles. The van der Waals surface area contributed by atoms with Crippen molar-refractivity contribution in [2.24, 2.45) is 18.0 Å². The normalized spacial score (nSPS) is 20.8. The van der Waals surface area contributed by atoms with E-state index >= 15 is 0 Å². The number of rotatable bonds is 1. The van der Waals surface area contributed by atoms with Gasteiger partial charge >= 0.3 is 0 Å². The summed E-state index contributed by atoms with van der Waals surface area (Å²) in [6, 6.07) is 8.24. The first-order valence-corrected chi connectivity index (χ1v) is 6.86. The molecule has 98 valence electrons. The molecule has 1 unspecified atom stereocenters. The zero-order chi connectivity index (χ0) is 13.5. The fourth-order valence-electron chi connectivity index (χ4n) is 2.91. The highest BCUT2D eigenvalue weighted by molar-refractivity contribution is 6.02. The lowest BCUT2D eigenvalue weighted by molar-refractivity contribution is 0.839. The van der Waals surface area contributed by atoms with Gasteiger partial charge in [0.25, 0.3) is 0 Å². The van der Waals surface area contributed by atoms with Crippen LogP contribution in [-0.2, 0) is 7.05 Å². The number of imidazole rings is 1. The lowest BCUT2D eigenvalue weighted by Gasteiger charge is -2.20. The van der Waals surface area contributed by atoms with Crippen LogP contribution < -0.4 is 0 Å². The van der Waals surface area contributed by atoms with Crippen LogP contribution in [0.4, 0.5) is 0 Å². The van der Waals surface area contributed by atoms with Gasteiger partial charge in [-0.2, -0.15) is 0 Å². The Balaban J connectivity index is 1.82. The molecule has 0 spiro atoms. The first-order valence-electron chi connectivity index (χ1n) is 6.86. The fourth-order valence-corrected chi connectivity index (χ4v) is 2.91. The molecule has 3 nitrogen and oxygen atoms in total. The minimum absolute atomic E-state index is 0.389. The van der Waals surface area contributed by atoms with Crippen LogP contribution in [0, 0.1) is 5.92 Å².